The van der Waals surface area contributed by atoms with Gasteiger partial charge in [0.25, 0.3) is 5.91 Å². The summed E-state index contributed by atoms with van der Waals surface area (Å²) in [6.07, 6.45) is 0. The third-order valence-electron chi connectivity index (χ3n) is 3.08. The number of carbonyl (C=O) groups is 1. The highest BCUT2D eigenvalue weighted by Crippen LogP contribution is 2.23. The van der Waals surface area contributed by atoms with E-state index in [1.807, 2.05) is 13.0 Å². The molecular formula is C16H15N3O2. The first-order valence-corrected chi connectivity index (χ1v) is 6.30. The van der Waals surface area contributed by atoms with Crippen molar-refractivity contribution < 1.29 is 9.53 Å². The van der Waals surface area contributed by atoms with Gasteiger partial charge in [-0.25, -0.2) is 0 Å². The van der Waals surface area contributed by atoms with E-state index < -0.39 is 0 Å². The van der Waals surface area contributed by atoms with Gasteiger partial charge in [-0.3, -0.25) is 4.79 Å². The molecule has 0 aliphatic rings. The number of nitrogens with two attached hydrogens (primary N) is 1. The van der Waals surface area contributed by atoms with Crippen molar-refractivity contribution in [1.29, 1.82) is 5.26 Å². The quantitative estimate of drug-likeness (QED) is 0.847. The van der Waals surface area contributed by atoms with Crippen LogP contribution in [0.4, 0.5) is 11.4 Å². The van der Waals surface area contributed by atoms with Crippen molar-refractivity contribution in [3.05, 3.63) is 53.1 Å². The van der Waals surface area contributed by atoms with E-state index >= 15 is 0 Å². The Morgan fingerprint density at radius 1 is 1.29 bits per heavy atom. The third-order valence-corrected chi connectivity index (χ3v) is 3.08. The second kappa shape index (κ2) is 5.97. The molecule has 21 heavy (non-hydrogen) atoms. The maximum Gasteiger partial charge on any atom is 0.259 e. The van der Waals surface area contributed by atoms with E-state index in [4.69, 9.17) is 15.7 Å². The molecule has 1 amide bonds. The molecule has 0 aliphatic heterocycles. The fourth-order valence-corrected chi connectivity index (χ4v) is 1.92. The van der Waals surface area contributed by atoms with Gasteiger partial charge in [0, 0.05) is 11.4 Å². The number of nitrogen functional groups attached to an aromatic ring is 1. The van der Waals surface area contributed by atoms with Crippen LogP contribution >= 0.6 is 0 Å². The fraction of sp³-hybridized carbons (Fsp3) is 0.125. The Balaban J connectivity index is 2.35. The van der Waals surface area contributed by atoms with Gasteiger partial charge in [0.05, 0.1) is 24.3 Å². The fourth-order valence-electron chi connectivity index (χ4n) is 1.92. The van der Waals surface area contributed by atoms with Crippen LogP contribution in [0.3, 0.4) is 0 Å². The van der Waals surface area contributed by atoms with E-state index in [-0.39, 0.29) is 5.91 Å². The minimum Gasteiger partial charge on any atom is -0.496 e. The zero-order valence-electron chi connectivity index (χ0n) is 11.8. The lowest BCUT2D eigenvalue weighted by molar-refractivity contribution is 0.102. The molecular weight excluding hydrogens is 266 g/mol. The first-order valence-electron chi connectivity index (χ1n) is 6.30. The molecule has 3 N–H and O–H groups in total. The molecule has 2 aromatic rings. The molecule has 0 saturated heterocycles. The SMILES string of the molecule is COc1ccc(N)cc1C(=O)Nc1cc(C#N)ccc1C. The zero-order chi connectivity index (χ0) is 15.4. The predicted molar refractivity (Wildman–Crippen MR) is 81.3 cm³/mol. The van der Waals surface area contributed by atoms with Gasteiger partial charge in [-0.1, -0.05) is 6.07 Å². The highest BCUT2D eigenvalue weighted by atomic mass is 16.5. The molecule has 106 valence electrons. The number of benzene rings is 2. The number of rotatable bonds is 3. The van der Waals surface area contributed by atoms with Gasteiger partial charge < -0.3 is 15.8 Å². The number of nitrogens with one attached hydrogen (secondary N) is 1. The summed E-state index contributed by atoms with van der Waals surface area (Å²) >= 11 is 0. The van der Waals surface area contributed by atoms with E-state index in [0.717, 1.165) is 5.56 Å². The molecule has 2 aromatic carbocycles. The molecule has 5 heteroatoms. The minimum absolute atomic E-state index is 0.336. The number of nitriles is 1. The summed E-state index contributed by atoms with van der Waals surface area (Å²) in [5, 5.41) is 11.7. The molecule has 0 saturated carbocycles. The molecule has 0 radical (unpaired) electrons. The van der Waals surface area contributed by atoms with Gasteiger partial charge >= 0.3 is 0 Å². The molecule has 0 spiro atoms. The monoisotopic (exact) mass is 281 g/mol. The van der Waals surface area contributed by atoms with Crippen LogP contribution in [0.25, 0.3) is 0 Å². The van der Waals surface area contributed by atoms with Crippen LogP contribution < -0.4 is 15.8 Å². The van der Waals surface area contributed by atoms with Crippen molar-refractivity contribution in [3.8, 4) is 11.8 Å². The van der Waals surface area contributed by atoms with Crippen molar-refractivity contribution in [2.45, 2.75) is 6.92 Å². The van der Waals surface area contributed by atoms with Crippen molar-refractivity contribution in [2.24, 2.45) is 0 Å². The average Bonchev–Trinajstić information content (AvgIpc) is 2.49. The Bertz CT molecular complexity index is 733. The second-order valence-electron chi connectivity index (χ2n) is 4.56. The lowest BCUT2D eigenvalue weighted by Gasteiger charge is -2.12. The molecule has 0 aliphatic carbocycles. The van der Waals surface area contributed by atoms with Crippen LogP contribution in [-0.4, -0.2) is 13.0 Å². The number of nitrogens with zero attached hydrogens (tertiary/aromatic N) is 1. The van der Waals surface area contributed by atoms with Crippen molar-refractivity contribution >= 4 is 17.3 Å². The molecule has 0 fully saturated rings. The Hall–Kier alpha value is -3.00. The normalized spacial score (nSPS) is 9.76. The summed E-state index contributed by atoms with van der Waals surface area (Å²) in [5.41, 5.74) is 8.47. The standard InChI is InChI=1S/C16H15N3O2/c1-10-3-4-11(9-17)7-14(10)19-16(20)13-8-12(18)5-6-15(13)21-2/h3-8H,18H2,1-2H3,(H,19,20). The highest BCUT2D eigenvalue weighted by molar-refractivity contribution is 6.07. The zero-order valence-corrected chi connectivity index (χ0v) is 11.8. The number of hydrogen-bond donors (Lipinski definition) is 2. The number of anilines is 2. The van der Waals surface area contributed by atoms with E-state index in [0.29, 0.717) is 28.3 Å². The van der Waals surface area contributed by atoms with Gasteiger partial charge in [-0.2, -0.15) is 5.26 Å². The van der Waals surface area contributed by atoms with Crippen LogP contribution in [0.15, 0.2) is 36.4 Å². The number of carbonyl (C=O) groups excluding carboxylic acids is 1. The van der Waals surface area contributed by atoms with Crippen molar-refractivity contribution in [1.82, 2.24) is 0 Å². The summed E-state index contributed by atoms with van der Waals surface area (Å²) in [6.45, 7) is 1.85. The summed E-state index contributed by atoms with van der Waals surface area (Å²) in [5.74, 6) is 0.105. The third kappa shape index (κ3) is 3.12. The number of aryl methyl sites for hydroxylation is 1. The molecule has 0 unspecified atom stereocenters. The lowest BCUT2D eigenvalue weighted by Crippen LogP contribution is -2.14. The summed E-state index contributed by atoms with van der Waals surface area (Å²) < 4.78 is 5.17. The van der Waals surface area contributed by atoms with Gasteiger partial charge in [0.1, 0.15) is 5.75 Å². The van der Waals surface area contributed by atoms with E-state index in [1.54, 1.807) is 36.4 Å². The Labute approximate surface area is 123 Å². The van der Waals surface area contributed by atoms with Crippen LogP contribution in [-0.2, 0) is 0 Å². The van der Waals surface area contributed by atoms with Crippen LogP contribution in [0, 0.1) is 18.3 Å². The molecule has 0 heterocycles. The smallest absolute Gasteiger partial charge is 0.259 e. The van der Waals surface area contributed by atoms with Crippen molar-refractivity contribution in [2.75, 3.05) is 18.2 Å². The number of hydrogen-bond acceptors (Lipinski definition) is 4. The lowest BCUT2D eigenvalue weighted by atomic mass is 10.1. The number of amides is 1. The Morgan fingerprint density at radius 2 is 2.05 bits per heavy atom. The molecule has 0 atom stereocenters. The maximum absolute atomic E-state index is 12.4. The molecule has 2 rings (SSSR count). The first kappa shape index (κ1) is 14.4. The molecule has 0 aromatic heterocycles. The van der Waals surface area contributed by atoms with Crippen molar-refractivity contribution in [3.63, 3.8) is 0 Å². The van der Waals surface area contributed by atoms with Gasteiger partial charge in [0.15, 0.2) is 0 Å². The van der Waals surface area contributed by atoms with Gasteiger partial charge in [-0.05, 0) is 42.8 Å². The molecule has 0 bridgehead atoms. The first-order chi connectivity index (χ1) is 10.0. The predicted octanol–water partition coefficient (Wildman–Crippen LogP) is 2.71. The summed E-state index contributed by atoms with van der Waals surface area (Å²) in [6, 6.07) is 12.0. The second-order valence-corrected chi connectivity index (χ2v) is 4.56. The Morgan fingerprint density at radius 3 is 2.71 bits per heavy atom. The average molecular weight is 281 g/mol. The largest absolute Gasteiger partial charge is 0.496 e. The van der Waals surface area contributed by atoms with Crippen LogP contribution in [0.1, 0.15) is 21.5 Å². The van der Waals surface area contributed by atoms with Gasteiger partial charge in [-0.15, -0.1) is 0 Å². The summed E-state index contributed by atoms with van der Waals surface area (Å²) in [4.78, 5) is 12.4. The topological polar surface area (TPSA) is 88.1 Å². The van der Waals surface area contributed by atoms with Crippen LogP contribution in [0.2, 0.25) is 0 Å². The molecule has 5 nitrogen and oxygen atoms in total. The van der Waals surface area contributed by atoms with E-state index in [9.17, 15) is 4.79 Å². The minimum atomic E-state index is -0.336. The Kier molecular flexibility index (Phi) is 4.10. The number of ether oxygens (including phenoxy) is 1. The van der Waals surface area contributed by atoms with E-state index in [1.165, 1.54) is 7.11 Å². The maximum atomic E-state index is 12.4. The summed E-state index contributed by atoms with van der Waals surface area (Å²) in [7, 11) is 1.49. The number of methoxy groups -OCH3 is 1. The highest BCUT2D eigenvalue weighted by Gasteiger charge is 2.14. The van der Waals surface area contributed by atoms with E-state index in [2.05, 4.69) is 5.32 Å². The van der Waals surface area contributed by atoms with Crippen LogP contribution in [0.5, 0.6) is 5.75 Å². The van der Waals surface area contributed by atoms with Gasteiger partial charge in [0.2, 0.25) is 0 Å².